The normalized spacial score (nSPS) is 16.8. The smallest absolute Gasteiger partial charge is 0.168 e. The van der Waals surface area contributed by atoms with Crippen molar-refractivity contribution in [2.75, 3.05) is 0 Å². The second-order valence-electron chi connectivity index (χ2n) is 23.8. The van der Waals surface area contributed by atoms with Crippen LogP contribution in [-0.2, 0) is 7.05 Å². The fourth-order valence-electron chi connectivity index (χ4n) is 11.9. The Kier molecular flexibility index (Phi) is 15.9. The Morgan fingerprint density at radius 3 is 1.70 bits per heavy atom. The minimum Gasteiger partial charge on any atom is -0.490 e. The minimum atomic E-state index is -0.567. The van der Waals surface area contributed by atoms with E-state index in [4.69, 9.17) is 43.9 Å². The average Bonchev–Trinajstić information content (AvgIpc) is 4.15. The maximum atomic E-state index is 7.35. The molecule has 3 aliphatic rings. The predicted molar refractivity (Wildman–Crippen MR) is 311 cm³/mol. The topological polar surface area (TPSA) is 131 Å². The van der Waals surface area contributed by atoms with E-state index in [9.17, 15) is 0 Å². The molecule has 5 atom stereocenters. The first-order chi connectivity index (χ1) is 36.3. The van der Waals surface area contributed by atoms with Crippen molar-refractivity contribution < 1.29 is 18.9 Å². The molecular weight excluding hydrogens is 945 g/mol. The van der Waals surface area contributed by atoms with Crippen molar-refractivity contribution in [3.8, 4) is 23.0 Å². The van der Waals surface area contributed by atoms with Gasteiger partial charge in [-0.2, -0.15) is 0 Å². The third kappa shape index (κ3) is 10.3. The summed E-state index contributed by atoms with van der Waals surface area (Å²) in [6.07, 6.45) is 2.58. The van der Waals surface area contributed by atoms with Crippen LogP contribution in [0.3, 0.4) is 0 Å². The van der Waals surface area contributed by atoms with E-state index in [2.05, 4.69) is 174 Å². The van der Waals surface area contributed by atoms with E-state index in [0.29, 0.717) is 57.7 Å². The molecule has 5 unspecified atom stereocenters. The van der Waals surface area contributed by atoms with E-state index >= 15 is 0 Å². The van der Waals surface area contributed by atoms with Gasteiger partial charge in [0.2, 0.25) is 0 Å². The molecule has 0 saturated heterocycles. The molecule has 0 fully saturated rings. The number of hydrogen-bond donors (Lipinski definition) is 2. The first-order valence-electron chi connectivity index (χ1n) is 28.5. The third-order valence-corrected chi connectivity index (χ3v) is 16.1. The minimum absolute atomic E-state index is 0.0459. The van der Waals surface area contributed by atoms with Crippen molar-refractivity contribution in [3.05, 3.63) is 106 Å². The second kappa shape index (κ2) is 22.3. The number of ether oxygens (including phenoxy) is 4. The number of H-pyrrole nitrogens is 1. The molecule has 404 valence electrons. The lowest BCUT2D eigenvalue weighted by Crippen LogP contribution is -2.35. The van der Waals surface area contributed by atoms with Gasteiger partial charge in [0.05, 0.1) is 28.0 Å². The highest BCUT2D eigenvalue weighted by molar-refractivity contribution is 6.25. The molecule has 2 aromatic heterocycles. The van der Waals surface area contributed by atoms with Gasteiger partial charge < -0.3 is 33.8 Å². The van der Waals surface area contributed by atoms with Crippen LogP contribution < -0.4 is 35.2 Å². The molecule has 0 radical (unpaired) electrons. The Balaban J connectivity index is 1.39. The molecule has 5 heterocycles. The fraction of sp³-hybridized carbons (Fsp3) is 0.516. The van der Waals surface area contributed by atoms with Crippen LogP contribution in [0, 0.1) is 47.3 Å². The Labute approximate surface area is 451 Å². The van der Waals surface area contributed by atoms with Crippen LogP contribution in [0.1, 0.15) is 158 Å². The zero-order valence-corrected chi connectivity index (χ0v) is 48.4. The zero-order chi connectivity index (χ0) is 54.4. The number of hydrogen-bond acceptors (Lipinski definition) is 10. The predicted octanol–water partition coefficient (Wildman–Crippen LogP) is 14.5. The lowest BCUT2D eigenvalue weighted by atomic mass is 9.80. The van der Waals surface area contributed by atoms with Gasteiger partial charge in [0, 0.05) is 28.9 Å². The number of benzene rings is 4. The summed E-state index contributed by atoms with van der Waals surface area (Å²) >= 11 is 0. The maximum Gasteiger partial charge on any atom is 0.168 e. The molecule has 9 rings (SSSR count). The highest BCUT2D eigenvalue weighted by Gasteiger charge is 2.36. The number of rotatable bonds is 19. The van der Waals surface area contributed by atoms with Gasteiger partial charge in [-0.1, -0.05) is 172 Å². The van der Waals surface area contributed by atoms with Gasteiger partial charge in [0.25, 0.3) is 0 Å². The van der Waals surface area contributed by atoms with E-state index in [-0.39, 0.29) is 59.9 Å². The van der Waals surface area contributed by atoms with Gasteiger partial charge in [-0.25, -0.2) is 25.0 Å². The SMILES string of the molecule is CCCC(CC)C(C)C(Oc1cccc2c3[nH]c(c12)N=C1N=C(N=c2c4cccc(OC(C)C(C)C)c4c(n2C)=NC2NC(=N3)c3c(OC(C(C)C)C(C)C)cccc32)c2c(OC(C(C)C)C(C)C)cccc21)C(C)C. The molecule has 0 aliphatic carbocycles. The van der Waals surface area contributed by atoms with E-state index in [1.807, 2.05) is 31.3 Å². The van der Waals surface area contributed by atoms with Crippen molar-refractivity contribution in [2.24, 2.45) is 79.4 Å². The second-order valence-corrected chi connectivity index (χ2v) is 23.8. The average molecular weight is 1030 g/mol. The lowest BCUT2D eigenvalue weighted by molar-refractivity contribution is 0.0632. The van der Waals surface area contributed by atoms with Crippen molar-refractivity contribution in [3.63, 3.8) is 0 Å². The molecule has 12 heteroatoms. The summed E-state index contributed by atoms with van der Waals surface area (Å²) in [4.78, 5) is 31.6. The summed E-state index contributed by atoms with van der Waals surface area (Å²) in [5.74, 6) is 8.18. The lowest BCUT2D eigenvalue weighted by Gasteiger charge is -2.33. The number of aromatic nitrogens is 2. The van der Waals surface area contributed by atoms with Crippen molar-refractivity contribution in [1.82, 2.24) is 14.9 Å². The Hall–Kier alpha value is -6.43. The Morgan fingerprint density at radius 2 is 1.09 bits per heavy atom. The van der Waals surface area contributed by atoms with Crippen molar-refractivity contribution in [2.45, 2.75) is 161 Å². The van der Waals surface area contributed by atoms with Crippen molar-refractivity contribution in [1.29, 1.82) is 0 Å². The number of aromatic amines is 1. The molecule has 2 N–H and O–H groups in total. The molecule has 0 saturated carbocycles. The van der Waals surface area contributed by atoms with Gasteiger partial charge in [-0.3, -0.25) is 0 Å². The first kappa shape index (κ1) is 54.4. The van der Waals surface area contributed by atoms with E-state index < -0.39 is 6.17 Å². The van der Waals surface area contributed by atoms with Gasteiger partial charge >= 0.3 is 0 Å². The van der Waals surface area contributed by atoms with Crippen LogP contribution in [0.25, 0.3) is 21.5 Å². The molecule has 8 bridgehead atoms. The molecule has 6 aromatic rings. The molecule has 12 nitrogen and oxygen atoms in total. The third-order valence-electron chi connectivity index (χ3n) is 16.1. The number of aliphatic imine (C=N–C) groups is 3. The highest BCUT2D eigenvalue weighted by Crippen LogP contribution is 2.45. The number of amidine groups is 3. The Morgan fingerprint density at radius 1 is 0.526 bits per heavy atom. The van der Waals surface area contributed by atoms with E-state index in [1.54, 1.807) is 0 Å². The van der Waals surface area contributed by atoms with Crippen LogP contribution >= 0.6 is 0 Å². The molecule has 0 spiro atoms. The zero-order valence-electron chi connectivity index (χ0n) is 48.4. The fourth-order valence-corrected chi connectivity index (χ4v) is 11.9. The van der Waals surface area contributed by atoms with Gasteiger partial charge in [-0.15, -0.1) is 0 Å². The van der Waals surface area contributed by atoms with Crippen LogP contribution in [-0.4, -0.2) is 51.5 Å². The Bertz CT molecular complexity index is 3300. The monoisotopic (exact) mass is 1030 g/mol. The molecule has 3 aliphatic heterocycles. The summed E-state index contributed by atoms with van der Waals surface area (Å²) in [5.41, 5.74) is 4.81. The van der Waals surface area contributed by atoms with E-state index in [1.165, 1.54) is 0 Å². The van der Waals surface area contributed by atoms with Crippen LogP contribution in [0.5, 0.6) is 23.0 Å². The summed E-state index contributed by atoms with van der Waals surface area (Å²) in [7, 11) is 2.03. The van der Waals surface area contributed by atoms with Gasteiger partial charge in [-0.05, 0) is 78.5 Å². The standard InChI is InChI=1S/C64H84N8O4/c1-18-24-41(19-2)39(15)56(38(13)14)76-48-31-21-25-42-50(48)60-65-57(42)66-61-51-44(27-22-29-46(51)74-54(34(5)6)35(7)8)59(69-61)70-64-53-45(28-23-32-49(53)73-40(16)33(3)4)63(72(64)17)71-62-52-43(58(67-60)68-62)26-20-30-47(52)75-55(36(9)10)37(11)12/h20-23,25-41,54-56,59,65H,18-19,24H2,1-17H3,(H,66,69). The van der Waals surface area contributed by atoms with E-state index in [0.717, 1.165) is 80.3 Å². The van der Waals surface area contributed by atoms with Crippen molar-refractivity contribution >= 4 is 50.7 Å². The first-order valence-corrected chi connectivity index (χ1v) is 28.5. The number of nitrogens with one attached hydrogen (secondary N) is 2. The van der Waals surface area contributed by atoms with Crippen LogP contribution in [0.2, 0.25) is 0 Å². The van der Waals surface area contributed by atoms with Gasteiger partial charge in [0.15, 0.2) is 11.7 Å². The number of fused-ring (bicyclic) bond motifs is 19. The maximum absolute atomic E-state index is 7.35. The molecule has 76 heavy (non-hydrogen) atoms. The molecule has 4 aromatic carbocycles. The van der Waals surface area contributed by atoms with Gasteiger partial charge in [0.1, 0.15) is 75.9 Å². The number of nitrogens with zero attached hydrogens (tertiary/aromatic N) is 6. The highest BCUT2D eigenvalue weighted by atomic mass is 16.5. The summed E-state index contributed by atoms with van der Waals surface area (Å²) in [5, 5.41) is 7.28. The summed E-state index contributed by atoms with van der Waals surface area (Å²) in [6.45, 7) is 35.7. The molecular formula is C64H84N8O4. The quantitative estimate of drug-likeness (QED) is 0.0834. The summed E-state index contributed by atoms with van der Waals surface area (Å²) in [6, 6.07) is 24.9. The van der Waals surface area contributed by atoms with Crippen LogP contribution in [0.4, 0.5) is 11.6 Å². The largest absolute Gasteiger partial charge is 0.490 e. The van der Waals surface area contributed by atoms with Crippen LogP contribution in [0.15, 0.2) is 97.8 Å². The summed E-state index contributed by atoms with van der Waals surface area (Å²) < 4.78 is 30.4. The molecule has 0 amide bonds.